The molecule has 0 unspecified atom stereocenters. The van der Waals surface area contributed by atoms with E-state index in [0.717, 1.165) is 12.8 Å². The fourth-order valence-corrected chi connectivity index (χ4v) is 3.69. The number of hydrogen-bond donors (Lipinski definition) is 1. The van der Waals surface area contributed by atoms with Gasteiger partial charge in [0.1, 0.15) is 0 Å². The fourth-order valence-electron chi connectivity index (χ4n) is 3.40. The summed E-state index contributed by atoms with van der Waals surface area (Å²) >= 11 is 6.12. The first kappa shape index (κ1) is 21.4. The number of halogens is 1. The van der Waals surface area contributed by atoms with E-state index in [1.165, 1.54) is 32.8 Å². The molecule has 1 aliphatic rings. The Labute approximate surface area is 165 Å². The van der Waals surface area contributed by atoms with Gasteiger partial charge in [-0.2, -0.15) is 0 Å². The Hall–Kier alpha value is -1.95. The van der Waals surface area contributed by atoms with Gasteiger partial charge in [-0.15, -0.1) is 0 Å². The summed E-state index contributed by atoms with van der Waals surface area (Å²) < 4.78 is 15.7. The van der Waals surface area contributed by atoms with Gasteiger partial charge in [0.05, 0.1) is 24.8 Å². The van der Waals surface area contributed by atoms with Gasteiger partial charge in [0, 0.05) is 6.04 Å². The third-order valence-corrected chi connectivity index (χ3v) is 5.64. The van der Waals surface area contributed by atoms with Crippen molar-refractivity contribution in [1.29, 1.82) is 0 Å². The molecule has 1 N–H and O–H groups in total. The van der Waals surface area contributed by atoms with E-state index >= 15 is 0 Å². The molecule has 150 valence electrons. The monoisotopic (exact) mass is 397 g/mol. The molecule has 0 bridgehead atoms. The Kier molecular flexibility index (Phi) is 7.36. The summed E-state index contributed by atoms with van der Waals surface area (Å²) in [6.07, 6.45) is 2.31. The standard InChI is InChI=1S/C20H28ClNO5/c1-11-7-6-8-16(12(11)2)22-19(23)13(3)27-20(24)14-9-15(21)18(26-5)17(10-14)25-4/h9-13,16H,6-8H2,1-5H3,(H,22,23)/t11-,12+,13+,16-/m0/s1. The minimum absolute atomic E-state index is 0.109. The van der Waals surface area contributed by atoms with Crippen LogP contribution in [-0.4, -0.2) is 38.2 Å². The van der Waals surface area contributed by atoms with Crippen molar-refractivity contribution in [2.75, 3.05) is 14.2 Å². The van der Waals surface area contributed by atoms with Crippen LogP contribution >= 0.6 is 11.6 Å². The highest BCUT2D eigenvalue weighted by Gasteiger charge is 2.30. The van der Waals surface area contributed by atoms with E-state index < -0.39 is 12.1 Å². The molecule has 7 heteroatoms. The van der Waals surface area contributed by atoms with E-state index in [-0.39, 0.29) is 22.5 Å². The normalized spacial score (nSPS) is 23.3. The molecule has 0 radical (unpaired) electrons. The van der Waals surface area contributed by atoms with Gasteiger partial charge in [0.15, 0.2) is 17.6 Å². The minimum Gasteiger partial charge on any atom is -0.493 e. The molecular weight excluding hydrogens is 370 g/mol. The zero-order chi connectivity index (χ0) is 20.1. The first-order valence-electron chi connectivity index (χ1n) is 9.21. The number of carbonyl (C=O) groups excluding carboxylic acids is 2. The molecule has 1 aromatic rings. The molecule has 0 spiro atoms. The first-order valence-corrected chi connectivity index (χ1v) is 9.59. The molecule has 2 rings (SSSR count). The molecule has 0 aliphatic heterocycles. The predicted molar refractivity (Wildman–Crippen MR) is 104 cm³/mol. The quantitative estimate of drug-likeness (QED) is 0.738. The van der Waals surface area contributed by atoms with Gasteiger partial charge in [-0.3, -0.25) is 4.79 Å². The van der Waals surface area contributed by atoms with Gasteiger partial charge >= 0.3 is 5.97 Å². The summed E-state index contributed by atoms with van der Waals surface area (Å²) in [5, 5.41) is 3.25. The summed E-state index contributed by atoms with van der Waals surface area (Å²) in [5.74, 6) is 0.679. The Bertz CT molecular complexity index is 693. The molecule has 4 atom stereocenters. The maximum Gasteiger partial charge on any atom is 0.339 e. The molecular formula is C20H28ClNO5. The predicted octanol–water partition coefficient (Wildman–Crippen LogP) is 3.84. The Morgan fingerprint density at radius 3 is 2.52 bits per heavy atom. The summed E-state index contributed by atoms with van der Waals surface area (Å²) in [5.41, 5.74) is 0.192. The van der Waals surface area contributed by atoms with Crippen LogP contribution in [-0.2, 0) is 9.53 Å². The molecule has 1 saturated carbocycles. The van der Waals surface area contributed by atoms with Crippen molar-refractivity contribution >= 4 is 23.5 Å². The maximum atomic E-state index is 12.5. The Morgan fingerprint density at radius 1 is 1.19 bits per heavy atom. The van der Waals surface area contributed by atoms with E-state index in [1.54, 1.807) is 6.92 Å². The van der Waals surface area contributed by atoms with E-state index in [2.05, 4.69) is 19.2 Å². The Morgan fingerprint density at radius 2 is 1.89 bits per heavy atom. The van der Waals surface area contributed by atoms with Crippen LogP contribution in [0.3, 0.4) is 0 Å². The number of benzene rings is 1. The topological polar surface area (TPSA) is 73.9 Å². The highest BCUT2D eigenvalue weighted by Crippen LogP contribution is 2.36. The SMILES string of the molecule is COc1cc(C(=O)O[C@H](C)C(=O)N[C@H]2CCC[C@H](C)[C@H]2C)cc(Cl)c1OC. The van der Waals surface area contributed by atoms with E-state index in [1.807, 2.05) is 0 Å². The lowest BCUT2D eigenvalue weighted by Crippen LogP contribution is -2.47. The van der Waals surface area contributed by atoms with Gasteiger partial charge in [0.25, 0.3) is 5.91 Å². The fraction of sp³-hybridized carbons (Fsp3) is 0.600. The second kappa shape index (κ2) is 9.31. The van der Waals surface area contributed by atoms with Crippen molar-refractivity contribution in [1.82, 2.24) is 5.32 Å². The number of nitrogens with one attached hydrogen (secondary N) is 1. The number of rotatable bonds is 6. The molecule has 6 nitrogen and oxygen atoms in total. The average Bonchev–Trinajstić information content (AvgIpc) is 2.64. The van der Waals surface area contributed by atoms with Gasteiger partial charge in [-0.05, 0) is 37.3 Å². The number of ether oxygens (including phenoxy) is 3. The lowest BCUT2D eigenvalue weighted by molar-refractivity contribution is -0.130. The third kappa shape index (κ3) is 5.06. The third-order valence-electron chi connectivity index (χ3n) is 5.36. The molecule has 0 aromatic heterocycles. The zero-order valence-corrected chi connectivity index (χ0v) is 17.3. The number of hydrogen-bond acceptors (Lipinski definition) is 5. The highest BCUT2D eigenvalue weighted by atomic mass is 35.5. The first-order chi connectivity index (χ1) is 12.8. The van der Waals surface area contributed by atoms with Crippen molar-refractivity contribution in [2.45, 2.75) is 52.2 Å². The van der Waals surface area contributed by atoms with Crippen LogP contribution in [0, 0.1) is 11.8 Å². The van der Waals surface area contributed by atoms with Gasteiger partial charge in [0.2, 0.25) is 0 Å². The van der Waals surface area contributed by atoms with Crippen molar-refractivity contribution < 1.29 is 23.8 Å². The summed E-state index contributed by atoms with van der Waals surface area (Å²) in [6.45, 7) is 5.91. The summed E-state index contributed by atoms with van der Waals surface area (Å²) in [4.78, 5) is 24.9. The van der Waals surface area contributed by atoms with Crippen molar-refractivity contribution in [3.8, 4) is 11.5 Å². The average molecular weight is 398 g/mol. The van der Waals surface area contributed by atoms with E-state index in [0.29, 0.717) is 23.3 Å². The zero-order valence-electron chi connectivity index (χ0n) is 16.5. The van der Waals surface area contributed by atoms with E-state index in [9.17, 15) is 9.59 Å². The van der Waals surface area contributed by atoms with Gasteiger partial charge < -0.3 is 19.5 Å². The van der Waals surface area contributed by atoms with Crippen LogP contribution in [0.4, 0.5) is 0 Å². The van der Waals surface area contributed by atoms with Crippen LogP contribution in [0.2, 0.25) is 5.02 Å². The van der Waals surface area contributed by atoms with Crippen molar-refractivity contribution in [3.05, 3.63) is 22.7 Å². The Balaban J connectivity index is 2.02. The number of amides is 1. The van der Waals surface area contributed by atoms with Crippen LogP contribution in [0.5, 0.6) is 11.5 Å². The molecule has 27 heavy (non-hydrogen) atoms. The number of esters is 1. The molecule has 1 aliphatic carbocycles. The van der Waals surface area contributed by atoms with E-state index in [4.69, 9.17) is 25.8 Å². The number of methoxy groups -OCH3 is 2. The van der Waals surface area contributed by atoms with Crippen LogP contribution in [0.25, 0.3) is 0 Å². The van der Waals surface area contributed by atoms with Crippen molar-refractivity contribution in [3.63, 3.8) is 0 Å². The second-order valence-electron chi connectivity index (χ2n) is 7.12. The molecule has 1 fully saturated rings. The van der Waals surface area contributed by atoms with Crippen molar-refractivity contribution in [2.24, 2.45) is 11.8 Å². The van der Waals surface area contributed by atoms with Gasteiger partial charge in [-0.1, -0.05) is 38.3 Å². The molecule has 1 aromatic carbocycles. The molecule has 1 amide bonds. The van der Waals surface area contributed by atoms with Crippen LogP contribution in [0.15, 0.2) is 12.1 Å². The lowest BCUT2D eigenvalue weighted by atomic mass is 9.78. The minimum atomic E-state index is -0.909. The second-order valence-corrected chi connectivity index (χ2v) is 7.53. The molecule has 0 saturated heterocycles. The van der Waals surface area contributed by atoms with Gasteiger partial charge in [-0.25, -0.2) is 4.79 Å². The summed E-state index contributed by atoms with van der Waals surface area (Å²) in [7, 11) is 2.91. The number of carbonyl (C=O) groups is 2. The molecule has 0 heterocycles. The van der Waals surface area contributed by atoms with Crippen LogP contribution < -0.4 is 14.8 Å². The largest absolute Gasteiger partial charge is 0.493 e. The highest BCUT2D eigenvalue weighted by molar-refractivity contribution is 6.32. The van der Waals surface area contributed by atoms with Crippen LogP contribution in [0.1, 0.15) is 50.4 Å². The summed E-state index contributed by atoms with van der Waals surface area (Å²) in [6, 6.07) is 3.02. The lowest BCUT2D eigenvalue weighted by Gasteiger charge is -2.35. The smallest absolute Gasteiger partial charge is 0.339 e. The maximum absolute atomic E-state index is 12.5.